The van der Waals surface area contributed by atoms with Gasteiger partial charge in [0.1, 0.15) is 5.75 Å². The molecule has 1 saturated heterocycles. The molecule has 0 spiro atoms. The van der Waals surface area contributed by atoms with E-state index in [0.29, 0.717) is 17.5 Å². The van der Waals surface area contributed by atoms with Gasteiger partial charge in [-0.25, -0.2) is 0 Å². The van der Waals surface area contributed by atoms with Gasteiger partial charge in [-0.05, 0) is 62.3 Å². The summed E-state index contributed by atoms with van der Waals surface area (Å²) in [4.78, 5) is 27.1. The minimum atomic E-state index is -0.477. The van der Waals surface area contributed by atoms with Crippen LogP contribution in [-0.4, -0.2) is 46.5 Å². The lowest BCUT2D eigenvalue weighted by Gasteiger charge is -2.22. The molecule has 0 saturated carbocycles. The quantitative estimate of drug-likeness (QED) is 0.543. The number of phenols is 1. The molecular weight excluding hydrogens is 378 g/mol. The molecule has 2 aromatic rings. The second-order valence-electron chi connectivity index (χ2n) is 6.67. The molecule has 1 aliphatic heterocycles. The van der Waals surface area contributed by atoms with E-state index in [1.165, 1.54) is 30.0 Å². The first-order chi connectivity index (χ1) is 13.5. The van der Waals surface area contributed by atoms with Crippen molar-refractivity contribution in [2.75, 3.05) is 19.6 Å². The Morgan fingerprint density at radius 2 is 2.07 bits per heavy atom. The predicted molar refractivity (Wildman–Crippen MR) is 108 cm³/mol. The van der Waals surface area contributed by atoms with E-state index < -0.39 is 4.92 Å². The van der Waals surface area contributed by atoms with Gasteiger partial charge in [-0.3, -0.25) is 19.8 Å². The van der Waals surface area contributed by atoms with Gasteiger partial charge in [-0.15, -0.1) is 0 Å². The van der Waals surface area contributed by atoms with Crippen molar-refractivity contribution in [1.82, 2.24) is 10.2 Å². The van der Waals surface area contributed by atoms with Crippen molar-refractivity contribution in [2.45, 2.75) is 35.6 Å². The highest BCUT2D eigenvalue weighted by molar-refractivity contribution is 7.99. The Labute approximate surface area is 167 Å². The number of phenolic OH excluding ortho intramolecular Hbond substituents is 1. The molecule has 1 fully saturated rings. The van der Waals surface area contributed by atoms with Crippen molar-refractivity contribution in [3.63, 3.8) is 0 Å². The van der Waals surface area contributed by atoms with Crippen LogP contribution in [0.5, 0.6) is 5.75 Å². The van der Waals surface area contributed by atoms with Crippen LogP contribution in [0.2, 0.25) is 0 Å². The number of carbonyl (C=O) groups is 1. The Hall–Kier alpha value is -2.58. The van der Waals surface area contributed by atoms with Crippen LogP contribution in [0, 0.1) is 10.1 Å². The first-order valence-electron chi connectivity index (χ1n) is 9.25. The molecule has 0 bridgehead atoms. The van der Waals surface area contributed by atoms with Crippen molar-refractivity contribution in [2.24, 2.45) is 0 Å². The number of hydrogen-bond donors (Lipinski definition) is 2. The van der Waals surface area contributed by atoms with Gasteiger partial charge in [0.2, 0.25) is 0 Å². The molecule has 7 nitrogen and oxygen atoms in total. The normalized spacial score (nSPS) is 16.8. The van der Waals surface area contributed by atoms with Gasteiger partial charge in [0, 0.05) is 29.1 Å². The van der Waals surface area contributed by atoms with Gasteiger partial charge in [0.25, 0.3) is 11.6 Å². The average molecular weight is 401 g/mol. The van der Waals surface area contributed by atoms with Crippen molar-refractivity contribution < 1.29 is 14.8 Å². The van der Waals surface area contributed by atoms with Gasteiger partial charge in [-0.1, -0.05) is 18.7 Å². The third-order valence-electron chi connectivity index (χ3n) is 4.89. The smallest absolute Gasteiger partial charge is 0.284 e. The molecule has 1 aliphatic rings. The van der Waals surface area contributed by atoms with Crippen LogP contribution in [0.3, 0.4) is 0 Å². The molecule has 1 amide bonds. The molecule has 0 radical (unpaired) electrons. The molecule has 148 valence electrons. The summed E-state index contributed by atoms with van der Waals surface area (Å²) in [6, 6.07) is 11.3. The van der Waals surface area contributed by atoms with Crippen LogP contribution in [0.15, 0.2) is 52.3 Å². The molecule has 1 heterocycles. The number of aromatic hydroxyl groups is 1. The highest BCUT2D eigenvalue weighted by Crippen LogP contribution is 2.35. The fraction of sp³-hybridized carbons (Fsp3) is 0.350. The SMILES string of the molecule is CCN1CCCC1CNC(=O)c1ccc(Sc2ccc(O)cc2)c([N+](=O)[O-])c1. The molecule has 8 heteroatoms. The maximum Gasteiger partial charge on any atom is 0.284 e. The molecule has 1 unspecified atom stereocenters. The third-order valence-corrected chi connectivity index (χ3v) is 5.96. The number of hydrogen-bond acceptors (Lipinski definition) is 6. The summed E-state index contributed by atoms with van der Waals surface area (Å²) in [7, 11) is 0. The van der Waals surface area contributed by atoms with Crippen molar-refractivity contribution in [1.29, 1.82) is 0 Å². The lowest BCUT2D eigenvalue weighted by Crippen LogP contribution is -2.40. The number of nitro groups is 1. The van der Waals surface area contributed by atoms with Crippen LogP contribution in [0.25, 0.3) is 0 Å². The summed E-state index contributed by atoms with van der Waals surface area (Å²) in [5.41, 5.74) is 0.171. The van der Waals surface area contributed by atoms with Crippen LogP contribution in [0.1, 0.15) is 30.1 Å². The van der Waals surface area contributed by atoms with E-state index in [4.69, 9.17) is 0 Å². The van der Waals surface area contributed by atoms with Crippen molar-refractivity contribution >= 4 is 23.4 Å². The Bertz CT molecular complexity index is 857. The van der Waals surface area contributed by atoms with Crippen molar-refractivity contribution in [3.05, 3.63) is 58.1 Å². The van der Waals surface area contributed by atoms with Gasteiger partial charge in [0.05, 0.1) is 9.82 Å². The molecule has 2 N–H and O–H groups in total. The Balaban J connectivity index is 1.71. The number of likely N-dealkylation sites (tertiary alicyclic amines) is 1. The highest BCUT2D eigenvalue weighted by atomic mass is 32.2. The third kappa shape index (κ3) is 4.82. The molecule has 0 aromatic heterocycles. The zero-order chi connectivity index (χ0) is 20.1. The summed E-state index contributed by atoms with van der Waals surface area (Å²) in [5.74, 6) is -0.165. The number of nitrogens with zero attached hydrogens (tertiary/aromatic N) is 2. The van der Waals surface area contributed by atoms with Crippen LogP contribution < -0.4 is 5.32 Å². The summed E-state index contributed by atoms with van der Waals surface area (Å²) < 4.78 is 0. The first kappa shape index (κ1) is 20.2. The largest absolute Gasteiger partial charge is 0.508 e. The number of nitrogens with one attached hydrogen (secondary N) is 1. The number of likely N-dealkylation sites (N-methyl/N-ethyl adjacent to an activating group) is 1. The topological polar surface area (TPSA) is 95.7 Å². The van der Waals surface area contributed by atoms with E-state index in [1.807, 2.05) is 0 Å². The molecule has 1 atom stereocenters. The van der Waals surface area contributed by atoms with E-state index in [-0.39, 0.29) is 22.9 Å². The van der Waals surface area contributed by atoms with Gasteiger partial charge in [-0.2, -0.15) is 0 Å². The van der Waals surface area contributed by atoms with Crippen molar-refractivity contribution in [3.8, 4) is 5.75 Å². The molecular formula is C20H23N3O4S. The summed E-state index contributed by atoms with van der Waals surface area (Å²) in [6.07, 6.45) is 2.18. The number of rotatable bonds is 7. The van der Waals surface area contributed by atoms with Gasteiger partial charge >= 0.3 is 0 Å². The Morgan fingerprint density at radius 3 is 2.75 bits per heavy atom. The second kappa shape index (κ2) is 9.07. The maximum absolute atomic E-state index is 12.5. The minimum absolute atomic E-state index is 0.109. The fourth-order valence-corrected chi connectivity index (χ4v) is 4.28. The Morgan fingerprint density at radius 1 is 1.32 bits per heavy atom. The number of nitro benzene ring substituents is 1. The predicted octanol–water partition coefficient (Wildman–Crippen LogP) is 3.67. The molecule has 0 aliphatic carbocycles. The van der Waals surface area contributed by atoms with E-state index in [0.717, 1.165) is 30.8 Å². The minimum Gasteiger partial charge on any atom is -0.508 e. The average Bonchev–Trinajstić information content (AvgIpc) is 3.15. The molecule has 2 aromatic carbocycles. The fourth-order valence-electron chi connectivity index (χ4n) is 3.38. The van der Waals surface area contributed by atoms with Gasteiger partial charge < -0.3 is 10.4 Å². The summed E-state index contributed by atoms with van der Waals surface area (Å²) in [6.45, 7) is 4.65. The van der Waals surface area contributed by atoms with Gasteiger partial charge in [0.15, 0.2) is 0 Å². The second-order valence-corrected chi connectivity index (χ2v) is 7.79. The van der Waals surface area contributed by atoms with Crippen LogP contribution >= 0.6 is 11.8 Å². The monoisotopic (exact) mass is 401 g/mol. The molecule has 3 rings (SSSR count). The number of amides is 1. The zero-order valence-electron chi connectivity index (χ0n) is 15.6. The van der Waals surface area contributed by atoms with E-state index in [2.05, 4.69) is 17.1 Å². The molecule has 28 heavy (non-hydrogen) atoms. The lowest BCUT2D eigenvalue weighted by atomic mass is 10.1. The van der Waals surface area contributed by atoms with E-state index >= 15 is 0 Å². The zero-order valence-corrected chi connectivity index (χ0v) is 16.4. The highest BCUT2D eigenvalue weighted by Gasteiger charge is 2.24. The maximum atomic E-state index is 12.5. The standard InChI is InChI=1S/C20H23N3O4S/c1-2-22-11-3-4-15(22)13-21-20(25)14-5-10-19(18(12-14)23(26)27)28-17-8-6-16(24)7-9-17/h5-10,12,15,24H,2-4,11,13H2,1H3,(H,21,25). The summed E-state index contributed by atoms with van der Waals surface area (Å²) in [5, 5.41) is 23.8. The first-order valence-corrected chi connectivity index (χ1v) is 10.1. The van der Waals surface area contributed by atoms with E-state index in [1.54, 1.807) is 24.3 Å². The van der Waals surface area contributed by atoms with Crippen LogP contribution in [-0.2, 0) is 0 Å². The lowest BCUT2D eigenvalue weighted by molar-refractivity contribution is -0.387. The number of carbonyl (C=O) groups excluding carboxylic acids is 1. The summed E-state index contributed by atoms with van der Waals surface area (Å²) >= 11 is 1.22. The Kier molecular flexibility index (Phi) is 6.53. The van der Waals surface area contributed by atoms with Crippen LogP contribution in [0.4, 0.5) is 5.69 Å². The number of benzene rings is 2. The van der Waals surface area contributed by atoms with E-state index in [9.17, 15) is 20.0 Å².